The molecule has 2 heteroatoms. The molecule has 0 aromatic rings. The van der Waals surface area contributed by atoms with Crippen molar-refractivity contribution in [2.45, 2.75) is 45.5 Å². The van der Waals surface area contributed by atoms with Gasteiger partial charge in [0.25, 0.3) is 5.92 Å². The quantitative estimate of drug-likeness (QED) is 0.511. The van der Waals surface area contributed by atoms with Crippen molar-refractivity contribution in [3.63, 3.8) is 0 Å². The van der Waals surface area contributed by atoms with Crippen molar-refractivity contribution in [3.8, 4) is 0 Å². The summed E-state index contributed by atoms with van der Waals surface area (Å²) in [5, 5.41) is 0. The second-order valence-corrected chi connectivity index (χ2v) is 3.53. The number of fused-ring (bicyclic) bond motifs is 1. The summed E-state index contributed by atoms with van der Waals surface area (Å²) in [6, 6.07) is 0. The van der Waals surface area contributed by atoms with Gasteiger partial charge in [0.1, 0.15) is 0 Å². The molecule has 2 fully saturated rings. The predicted molar refractivity (Wildman–Crippen MR) is 41.7 cm³/mol. The molecule has 2 rings (SSSR count). The Morgan fingerprint density at radius 1 is 1.18 bits per heavy atom. The van der Waals surface area contributed by atoms with E-state index >= 15 is 0 Å². The molecule has 66 valence electrons. The number of hydrogen-bond donors (Lipinski definition) is 0. The lowest BCUT2D eigenvalue weighted by molar-refractivity contribution is 0.0728. The second kappa shape index (κ2) is 3.08. The average molecular weight is 162 g/mol. The van der Waals surface area contributed by atoms with Crippen LogP contribution in [0.3, 0.4) is 0 Å². The van der Waals surface area contributed by atoms with Gasteiger partial charge in [-0.3, -0.25) is 0 Å². The Bertz CT molecular complexity index is 120. The molecule has 2 saturated carbocycles. The van der Waals surface area contributed by atoms with Gasteiger partial charge in [-0.25, -0.2) is 8.78 Å². The van der Waals surface area contributed by atoms with Crippen molar-refractivity contribution in [3.05, 3.63) is 0 Å². The average Bonchev–Trinajstić information content (AvgIpc) is 2.30. The van der Waals surface area contributed by atoms with Crippen LogP contribution in [0.5, 0.6) is 0 Å². The monoisotopic (exact) mass is 162 g/mol. The van der Waals surface area contributed by atoms with Crippen molar-refractivity contribution in [2.75, 3.05) is 0 Å². The fraction of sp³-hybridized carbons (Fsp3) is 1.00. The highest BCUT2D eigenvalue weighted by atomic mass is 19.3. The first-order valence-corrected chi connectivity index (χ1v) is 4.52. The topological polar surface area (TPSA) is 0 Å². The summed E-state index contributed by atoms with van der Waals surface area (Å²) in [7, 11) is 0. The third-order valence-electron chi connectivity index (χ3n) is 2.40. The third-order valence-corrected chi connectivity index (χ3v) is 2.40. The predicted octanol–water partition coefficient (Wildman–Crippen LogP) is 3.47. The summed E-state index contributed by atoms with van der Waals surface area (Å²) in [6.07, 6.45) is 3.83. The van der Waals surface area contributed by atoms with E-state index in [0.29, 0.717) is 0 Å². The van der Waals surface area contributed by atoms with Crippen molar-refractivity contribution in [1.29, 1.82) is 0 Å². The van der Waals surface area contributed by atoms with Crippen LogP contribution in [0, 0.1) is 11.8 Å². The van der Waals surface area contributed by atoms with Crippen LogP contribution >= 0.6 is 0 Å². The summed E-state index contributed by atoms with van der Waals surface area (Å²) in [4.78, 5) is 0. The summed E-state index contributed by atoms with van der Waals surface area (Å²) in [5.74, 6) is -2.65. The van der Waals surface area contributed by atoms with Gasteiger partial charge in [-0.1, -0.05) is 26.7 Å². The molecule has 0 spiro atoms. The molecule has 11 heavy (non-hydrogen) atoms. The van der Waals surface area contributed by atoms with E-state index in [0.717, 1.165) is 19.3 Å². The van der Waals surface area contributed by atoms with Crippen LogP contribution in [-0.2, 0) is 0 Å². The normalized spacial score (nSPS) is 37.1. The van der Waals surface area contributed by atoms with E-state index in [4.69, 9.17) is 0 Å². The molecular formula is C9H16F2. The summed E-state index contributed by atoms with van der Waals surface area (Å²) >= 11 is 0. The first-order chi connectivity index (χ1) is 5.14. The first-order valence-electron chi connectivity index (χ1n) is 4.52. The Labute approximate surface area is 67.0 Å². The lowest BCUT2D eigenvalue weighted by atomic mass is 10.2. The van der Waals surface area contributed by atoms with E-state index in [2.05, 4.69) is 13.8 Å². The standard InChI is InChI=1S/C6H8F2.C3H8/c7-6(8)4-2-1-3-5(4)6;1-3-2/h4-5H,1-3H2;3H2,1-2H3. The largest absolute Gasteiger partial charge is 0.254 e. The first kappa shape index (κ1) is 8.95. The molecule has 0 aromatic carbocycles. The zero-order valence-electron chi connectivity index (χ0n) is 7.24. The van der Waals surface area contributed by atoms with E-state index in [9.17, 15) is 8.78 Å². The second-order valence-electron chi connectivity index (χ2n) is 3.53. The molecule has 2 aliphatic carbocycles. The van der Waals surface area contributed by atoms with Crippen LogP contribution in [0.4, 0.5) is 8.78 Å². The minimum Gasteiger partial charge on any atom is -0.206 e. The number of halogens is 2. The highest BCUT2D eigenvalue weighted by Crippen LogP contribution is 2.63. The van der Waals surface area contributed by atoms with Crippen LogP contribution < -0.4 is 0 Å². The zero-order chi connectivity index (χ0) is 8.48. The number of rotatable bonds is 0. The lowest BCUT2D eigenvalue weighted by Crippen LogP contribution is -1.98. The van der Waals surface area contributed by atoms with Gasteiger partial charge in [-0.2, -0.15) is 0 Å². The maximum atomic E-state index is 12.2. The molecule has 2 aliphatic rings. The minimum atomic E-state index is -2.24. The van der Waals surface area contributed by atoms with Crippen molar-refractivity contribution in [2.24, 2.45) is 11.8 Å². The molecule has 0 N–H and O–H groups in total. The molecule has 0 nitrogen and oxygen atoms in total. The van der Waals surface area contributed by atoms with Crippen LogP contribution in [0.15, 0.2) is 0 Å². The molecular weight excluding hydrogens is 146 g/mol. The minimum absolute atomic E-state index is 0.206. The third kappa shape index (κ3) is 1.54. The van der Waals surface area contributed by atoms with Gasteiger partial charge in [0.15, 0.2) is 0 Å². The number of alkyl halides is 2. The molecule has 0 aliphatic heterocycles. The zero-order valence-corrected chi connectivity index (χ0v) is 7.24. The van der Waals surface area contributed by atoms with E-state index in [1.165, 1.54) is 6.42 Å². The maximum absolute atomic E-state index is 12.2. The van der Waals surface area contributed by atoms with Crippen LogP contribution in [0.25, 0.3) is 0 Å². The Morgan fingerprint density at radius 3 is 1.73 bits per heavy atom. The van der Waals surface area contributed by atoms with Gasteiger partial charge in [0.2, 0.25) is 0 Å². The molecule has 0 saturated heterocycles. The lowest BCUT2D eigenvalue weighted by Gasteiger charge is -1.96. The maximum Gasteiger partial charge on any atom is 0.254 e. The molecule has 0 bridgehead atoms. The Kier molecular flexibility index (Phi) is 2.50. The van der Waals surface area contributed by atoms with Gasteiger partial charge in [0, 0.05) is 11.8 Å². The molecule has 0 amide bonds. The Balaban J connectivity index is 0.000000179. The van der Waals surface area contributed by atoms with E-state index in [1.807, 2.05) is 0 Å². The molecule has 0 radical (unpaired) electrons. The van der Waals surface area contributed by atoms with Gasteiger partial charge in [-0.05, 0) is 12.8 Å². The van der Waals surface area contributed by atoms with E-state index in [1.54, 1.807) is 0 Å². The van der Waals surface area contributed by atoms with Gasteiger partial charge < -0.3 is 0 Å². The van der Waals surface area contributed by atoms with Crippen LogP contribution in [-0.4, -0.2) is 5.92 Å². The fourth-order valence-corrected chi connectivity index (χ4v) is 1.81. The summed E-state index contributed by atoms with van der Waals surface area (Å²) < 4.78 is 24.5. The number of hydrogen-bond acceptors (Lipinski definition) is 0. The van der Waals surface area contributed by atoms with Gasteiger partial charge in [0.05, 0.1) is 0 Å². The van der Waals surface area contributed by atoms with Gasteiger partial charge >= 0.3 is 0 Å². The van der Waals surface area contributed by atoms with Crippen molar-refractivity contribution in [1.82, 2.24) is 0 Å². The Morgan fingerprint density at radius 2 is 1.55 bits per heavy atom. The van der Waals surface area contributed by atoms with Crippen molar-refractivity contribution < 1.29 is 8.78 Å². The summed E-state index contributed by atoms with van der Waals surface area (Å²) in [6.45, 7) is 4.25. The van der Waals surface area contributed by atoms with Crippen molar-refractivity contribution >= 4 is 0 Å². The van der Waals surface area contributed by atoms with Crippen LogP contribution in [0.2, 0.25) is 0 Å². The SMILES string of the molecule is CCC.FC1(F)C2CCCC21. The highest BCUT2D eigenvalue weighted by Gasteiger charge is 2.69. The molecule has 0 aromatic heterocycles. The summed E-state index contributed by atoms with van der Waals surface area (Å²) in [5.41, 5.74) is 0. The van der Waals surface area contributed by atoms with E-state index in [-0.39, 0.29) is 11.8 Å². The molecule has 2 atom stereocenters. The molecule has 2 unspecified atom stereocenters. The molecule has 0 heterocycles. The smallest absolute Gasteiger partial charge is 0.206 e. The fourth-order valence-electron chi connectivity index (χ4n) is 1.81. The van der Waals surface area contributed by atoms with Crippen LogP contribution in [0.1, 0.15) is 39.5 Å². The Hall–Kier alpha value is -0.140. The highest BCUT2D eigenvalue weighted by molar-refractivity contribution is 5.08. The van der Waals surface area contributed by atoms with E-state index < -0.39 is 5.92 Å². The van der Waals surface area contributed by atoms with Gasteiger partial charge in [-0.15, -0.1) is 0 Å².